The van der Waals surface area contributed by atoms with Gasteiger partial charge < -0.3 is 4.74 Å². The molecule has 0 spiro atoms. The molecule has 0 N–H and O–H groups in total. The molecule has 0 aliphatic carbocycles. The third-order valence-electron chi connectivity index (χ3n) is 6.94. The minimum atomic E-state index is -3.86. The van der Waals surface area contributed by atoms with Crippen molar-refractivity contribution >= 4 is 44.2 Å². The predicted molar refractivity (Wildman–Crippen MR) is 146 cm³/mol. The SMILES string of the molecule is COc1ccc2c(c1)C1=C(CCN2S(=O)(=O)c2ccc(C)cc2)C(c2ccccc2)N2C(=O)CSC2=N1. The van der Waals surface area contributed by atoms with Crippen LogP contribution in [0.15, 0.2) is 88.3 Å². The molecule has 1 saturated heterocycles. The number of aryl methyl sites for hydroxylation is 1. The first-order valence-corrected chi connectivity index (χ1v) is 14.4. The van der Waals surface area contributed by atoms with Gasteiger partial charge in [0.05, 0.1) is 35.2 Å². The van der Waals surface area contributed by atoms with Crippen LogP contribution in [-0.2, 0) is 14.8 Å². The summed E-state index contributed by atoms with van der Waals surface area (Å²) in [5.41, 5.74) is 4.81. The van der Waals surface area contributed by atoms with Gasteiger partial charge in [-0.25, -0.2) is 13.4 Å². The average Bonchev–Trinajstić information content (AvgIpc) is 3.19. The van der Waals surface area contributed by atoms with E-state index >= 15 is 0 Å². The van der Waals surface area contributed by atoms with Crippen LogP contribution in [0.25, 0.3) is 5.70 Å². The maximum atomic E-state index is 13.9. The third-order valence-corrected chi connectivity index (χ3v) is 9.70. The topological polar surface area (TPSA) is 79.3 Å². The lowest BCUT2D eigenvalue weighted by Gasteiger charge is -2.34. The van der Waals surface area contributed by atoms with Crippen LogP contribution in [0.2, 0.25) is 0 Å². The highest BCUT2D eigenvalue weighted by Crippen LogP contribution is 2.49. The number of carbonyl (C=O) groups excluding carboxylic acids is 1. The van der Waals surface area contributed by atoms with Crippen LogP contribution >= 0.6 is 11.8 Å². The Morgan fingerprint density at radius 2 is 1.78 bits per heavy atom. The van der Waals surface area contributed by atoms with E-state index in [-0.39, 0.29) is 23.4 Å². The molecule has 0 bridgehead atoms. The third kappa shape index (κ3) is 3.93. The van der Waals surface area contributed by atoms with Gasteiger partial charge in [-0.2, -0.15) is 0 Å². The summed E-state index contributed by atoms with van der Waals surface area (Å²) in [4.78, 5) is 20.0. The van der Waals surface area contributed by atoms with E-state index in [0.29, 0.717) is 40.0 Å². The Kier molecular flexibility index (Phi) is 5.84. The van der Waals surface area contributed by atoms with Crippen molar-refractivity contribution in [1.82, 2.24) is 4.90 Å². The van der Waals surface area contributed by atoms with E-state index in [2.05, 4.69) is 0 Å². The number of fused-ring (bicyclic) bond motifs is 3. The number of hydrogen-bond acceptors (Lipinski definition) is 6. The molecular formula is C28H25N3O4S2. The molecule has 1 fully saturated rings. The molecule has 3 aliphatic heterocycles. The number of amides is 1. The van der Waals surface area contributed by atoms with E-state index in [4.69, 9.17) is 9.73 Å². The van der Waals surface area contributed by atoms with Gasteiger partial charge in [0.1, 0.15) is 5.75 Å². The largest absolute Gasteiger partial charge is 0.497 e. The van der Waals surface area contributed by atoms with E-state index < -0.39 is 10.0 Å². The average molecular weight is 532 g/mol. The Balaban J connectivity index is 1.56. The first kappa shape index (κ1) is 23.8. The zero-order valence-corrected chi connectivity index (χ0v) is 22.1. The molecule has 37 heavy (non-hydrogen) atoms. The second-order valence-corrected chi connectivity index (χ2v) is 12.0. The van der Waals surface area contributed by atoms with E-state index in [1.54, 1.807) is 48.4 Å². The highest BCUT2D eigenvalue weighted by Gasteiger charge is 2.43. The summed E-state index contributed by atoms with van der Waals surface area (Å²) in [6, 6.07) is 21.8. The zero-order chi connectivity index (χ0) is 25.7. The summed E-state index contributed by atoms with van der Waals surface area (Å²) in [5.74, 6) is 0.944. The lowest BCUT2D eigenvalue weighted by atomic mass is 9.90. The van der Waals surface area contributed by atoms with Gasteiger partial charge in [-0.15, -0.1) is 0 Å². The van der Waals surface area contributed by atoms with Crippen molar-refractivity contribution in [3.8, 4) is 5.75 Å². The van der Waals surface area contributed by atoms with Crippen molar-refractivity contribution in [3.05, 3.63) is 95.1 Å². The number of aliphatic imine (C=N–C) groups is 1. The molecule has 3 aliphatic rings. The summed E-state index contributed by atoms with van der Waals surface area (Å²) < 4.78 is 34.9. The summed E-state index contributed by atoms with van der Waals surface area (Å²) in [6.45, 7) is 2.15. The smallest absolute Gasteiger partial charge is 0.264 e. The number of anilines is 1. The number of rotatable bonds is 4. The number of carbonyl (C=O) groups is 1. The van der Waals surface area contributed by atoms with Crippen LogP contribution in [-0.4, -0.2) is 43.8 Å². The molecule has 7 nitrogen and oxygen atoms in total. The maximum absolute atomic E-state index is 13.9. The summed E-state index contributed by atoms with van der Waals surface area (Å²) in [7, 11) is -2.27. The van der Waals surface area contributed by atoms with Crippen molar-refractivity contribution < 1.29 is 17.9 Å². The molecule has 188 valence electrons. The summed E-state index contributed by atoms with van der Waals surface area (Å²) in [6.07, 6.45) is 0.419. The molecule has 3 aromatic carbocycles. The van der Waals surface area contributed by atoms with Crippen LogP contribution in [0.3, 0.4) is 0 Å². The van der Waals surface area contributed by atoms with Crippen molar-refractivity contribution in [3.63, 3.8) is 0 Å². The Labute approximate surface area is 220 Å². The fraction of sp³-hybridized carbons (Fsp3) is 0.214. The van der Waals surface area contributed by atoms with Crippen LogP contribution in [0.4, 0.5) is 5.69 Å². The number of thioether (sulfide) groups is 1. The highest BCUT2D eigenvalue weighted by atomic mass is 32.2. The van der Waals surface area contributed by atoms with E-state index in [9.17, 15) is 13.2 Å². The number of hydrogen-bond donors (Lipinski definition) is 0. The normalized spacial score (nSPS) is 19.1. The Hall–Kier alpha value is -3.56. The number of nitrogens with zero attached hydrogens (tertiary/aromatic N) is 3. The number of sulfonamides is 1. The Morgan fingerprint density at radius 3 is 2.51 bits per heavy atom. The van der Waals surface area contributed by atoms with Gasteiger partial charge >= 0.3 is 0 Å². The van der Waals surface area contributed by atoms with Gasteiger partial charge in [0.15, 0.2) is 5.17 Å². The molecule has 3 heterocycles. The monoisotopic (exact) mass is 531 g/mol. The Morgan fingerprint density at radius 1 is 1.03 bits per heavy atom. The number of methoxy groups -OCH3 is 1. The fourth-order valence-corrected chi connectivity index (χ4v) is 7.50. The van der Waals surface area contributed by atoms with E-state index in [1.165, 1.54) is 16.1 Å². The van der Waals surface area contributed by atoms with Crippen molar-refractivity contribution in [1.29, 1.82) is 0 Å². The van der Waals surface area contributed by atoms with Gasteiger partial charge in [0.25, 0.3) is 10.0 Å². The van der Waals surface area contributed by atoms with Crippen molar-refractivity contribution in [2.24, 2.45) is 4.99 Å². The molecule has 1 unspecified atom stereocenters. The second kappa shape index (κ2) is 9.08. The lowest BCUT2D eigenvalue weighted by molar-refractivity contribution is -0.125. The summed E-state index contributed by atoms with van der Waals surface area (Å²) >= 11 is 1.41. The molecule has 6 rings (SSSR count). The predicted octanol–water partition coefficient (Wildman–Crippen LogP) is 5.00. The van der Waals surface area contributed by atoms with Crippen LogP contribution in [0.1, 0.15) is 29.2 Å². The van der Waals surface area contributed by atoms with Gasteiger partial charge in [0, 0.05) is 12.1 Å². The molecule has 3 aromatic rings. The van der Waals surface area contributed by atoms with E-state index in [1.807, 2.05) is 43.3 Å². The van der Waals surface area contributed by atoms with Crippen LogP contribution in [0, 0.1) is 6.92 Å². The molecule has 1 atom stereocenters. The van der Waals surface area contributed by atoms with Crippen molar-refractivity contribution in [2.45, 2.75) is 24.3 Å². The number of ether oxygens (including phenoxy) is 1. The van der Waals surface area contributed by atoms with Crippen LogP contribution in [0.5, 0.6) is 5.75 Å². The summed E-state index contributed by atoms with van der Waals surface area (Å²) in [5, 5.41) is 0.640. The molecular weight excluding hydrogens is 506 g/mol. The zero-order valence-electron chi connectivity index (χ0n) is 20.4. The molecule has 0 radical (unpaired) electrons. The number of amidine groups is 1. The van der Waals surface area contributed by atoms with Gasteiger partial charge in [-0.1, -0.05) is 59.8 Å². The Bertz CT molecular complexity index is 1560. The minimum Gasteiger partial charge on any atom is -0.497 e. The first-order valence-electron chi connectivity index (χ1n) is 12.0. The highest BCUT2D eigenvalue weighted by molar-refractivity contribution is 8.15. The van der Waals surface area contributed by atoms with E-state index in [0.717, 1.165) is 16.7 Å². The molecule has 0 saturated carbocycles. The van der Waals surface area contributed by atoms with Crippen molar-refractivity contribution in [2.75, 3.05) is 23.7 Å². The quantitative estimate of drug-likeness (QED) is 0.474. The first-order chi connectivity index (χ1) is 17.9. The molecule has 1 amide bonds. The standard InChI is InChI=1S/C28H25N3O4S2/c1-18-8-11-21(12-9-18)37(33,34)30-15-14-22-26(23-16-20(35-2)10-13-24(23)30)29-28-31(25(32)17-36-28)27(22)19-6-4-3-5-7-19/h3-13,16,27H,14-15,17H2,1-2H3. The number of benzene rings is 3. The maximum Gasteiger partial charge on any atom is 0.264 e. The molecule has 0 aromatic heterocycles. The minimum absolute atomic E-state index is 0.00315. The van der Waals surface area contributed by atoms with Gasteiger partial charge in [0.2, 0.25) is 5.91 Å². The lowest BCUT2D eigenvalue weighted by Crippen LogP contribution is -2.38. The molecule has 9 heteroatoms. The van der Waals surface area contributed by atoms with Gasteiger partial charge in [-0.3, -0.25) is 14.0 Å². The van der Waals surface area contributed by atoms with Crippen LogP contribution < -0.4 is 9.04 Å². The fourth-order valence-electron chi connectivity index (χ4n) is 5.12. The van der Waals surface area contributed by atoms with Gasteiger partial charge in [-0.05, 0) is 54.8 Å². The second-order valence-electron chi connectivity index (χ2n) is 9.16.